The van der Waals surface area contributed by atoms with Crippen LogP contribution in [0.1, 0.15) is 25.7 Å². The van der Waals surface area contributed by atoms with Crippen molar-refractivity contribution in [3.05, 3.63) is 30.2 Å². The van der Waals surface area contributed by atoms with Gasteiger partial charge in [-0.25, -0.2) is 4.39 Å². The van der Waals surface area contributed by atoms with E-state index in [1.807, 2.05) is 13.2 Å². The molecule has 1 N–H and O–H groups in total. The molecule has 0 unspecified atom stereocenters. The van der Waals surface area contributed by atoms with Gasteiger partial charge in [-0.05, 0) is 49.5 Å². The first kappa shape index (κ1) is 22.7. The third-order valence-corrected chi connectivity index (χ3v) is 7.99. The highest BCUT2D eigenvalue weighted by molar-refractivity contribution is 5.84. The number of rotatable bonds is 6. The van der Waals surface area contributed by atoms with Crippen LogP contribution in [0, 0.1) is 23.6 Å². The van der Waals surface area contributed by atoms with Crippen molar-refractivity contribution in [1.29, 1.82) is 0 Å². The summed E-state index contributed by atoms with van der Waals surface area (Å²) < 4.78 is 27.6. The molecule has 186 valence electrons. The molecule has 0 amide bonds. The number of hydrogen-bond acceptors (Lipinski definition) is 7. The van der Waals surface area contributed by atoms with Crippen LogP contribution in [0.15, 0.2) is 24.4 Å². The van der Waals surface area contributed by atoms with Gasteiger partial charge in [0, 0.05) is 75.2 Å². The first-order valence-corrected chi connectivity index (χ1v) is 12.7. The van der Waals surface area contributed by atoms with Gasteiger partial charge in [-0.1, -0.05) is 0 Å². The van der Waals surface area contributed by atoms with E-state index in [0.29, 0.717) is 34.4 Å². The van der Waals surface area contributed by atoms with E-state index in [1.54, 1.807) is 23.9 Å². The molecule has 8 nitrogen and oxygen atoms in total. The van der Waals surface area contributed by atoms with Gasteiger partial charge in [0.05, 0.1) is 18.3 Å². The van der Waals surface area contributed by atoms with Crippen molar-refractivity contribution in [2.75, 3.05) is 45.3 Å². The summed E-state index contributed by atoms with van der Waals surface area (Å²) in [7, 11) is 3.44. The predicted molar refractivity (Wildman–Crippen MR) is 132 cm³/mol. The summed E-state index contributed by atoms with van der Waals surface area (Å²) in [5, 5.41) is 17.4. The number of fused-ring (bicyclic) bond motifs is 2. The van der Waals surface area contributed by atoms with E-state index in [1.165, 1.54) is 38.5 Å². The summed E-state index contributed by atoms with van der Waals surface area (Å²) >= 11 is 0. The summed E-state index contributed by atoms with van der Waals surface area (Å²) in [5.74, 6) is 3.08. The van der Waals surface area contributed by atoms with Crippen LogP contribution in [0.25, 0.3) is 22.2 Å². The van der Waals surface area contributed by atoms with Crippen LogP contribution in [0.4, 0.5) is 10.2 Å². The first-order valence-electron chi connectivity index (χ1n) is 12.7. The van der Waals surface area contributed by atoms with Gasteiger partial charge < -0.3 is 19.7 Å². The second kappa shape index (κ2) is 9.35. The Bertz CT molecular complexity index is 1200. The Morgan fingerprint density at radius 3 is 2.63 bits per heavy atom. The zero-order chi connectivity index (χ0) is 23.9. The molecule has 3 fully saturated rings. The molecule has 35 heavy (non-hydrogen) atoms. The average Bonchev–Trinajstić information content (AvgIpc) is 3.51. The van der Waals surface area contributed by atoms with Crippen LogP contribution in [0.2, 0.25) is 0 Å². The zero-order valence-electron chi connectivity index (χ0n) is 20.4. The second-order valence-electron chi connectivity index (χ2n) is 10.4. The van der Waals surface area contributed by atoms with Crippen molar-refractivity contribution in [2.24, 2.45) is 24.8 Å². The minimum atomic E-state index is -0.373. The fraction of sp³-hybridized carbons (Fsp3) is 0.577. The number of aryl methyl sites for hydroxylation is 1. The molecule has 3 aromatic rings. The summed E-state index contributed by atoms with van der Waals surface area (Å²) in [4.78, 5) is 2.67. The van der Waals surface area contributed by atoms with E-state index in [2.05, 4.69) is 25.5 Å². The monoisotopic (exact) mass is 480 g/mol. The lowest BCUT2D eigenvalue weighted by Crippen LogP contribution is -2.32. The van der Waals surface area contributed by atoms with Crippen molar-refractivity contribution >= 4 is 16.7 Å². The molecule has 0 bridgehead atoms. The maximum Gasteiger partial charge on any atom is 0.191 e. The fourth-order valence-corrected chi connectivity index (χ4v) is 6.28. The Morgan fingerprint density at radius 2 is 1.89 bits per heavy atom. The molecule has 1 saturated carbocycles. The lowest BCUT2D eigenvalue weighted by molar-refractivity contribution is 0.0545. The van der Waals surface area contributed by atoms with Gasteiger partial charge in [0.2, 0.25) is 0 Å². The van der Waals surface area contributed by atoms with Gasteiger partial charge in [0.1, 0.15) is 5.82 Å². The largest absolute Gasteiger partial charge is 0.493 e. The third-order valence-electron chi connectivity index (χ3n) is 7.99. The Kier molecular flexibility index (Phi) is 6.06. The molecule has 9 heteroatoms. The smallest absolute Gasteiger partial charge is 0.191 e. The summed E-state index contributed by atoms with van der Waals surface area (Å²) in [6, 6.07) is 5.32. The second-order valence-corrected chi connectivity index (χ2v) is 10.4. The number of ether oxygens (including phenoxy) is 2. The minimum absolute atomic E-state index is 0.354. The van der Waals surface area contributed by atoms with Gasteiger partial charge in [-0.3, -0.25) is 4.68 Å². The Morgan fingerprint density at radius 1 is 1.11 bits per heavy atom. The first-order chi connectivity index (χ1) is 17.1. The van der Waals surface area contributed by atoms with Crippen molar-refractivity contribution in [3.8, 4) is 17.0 Å². The molecular weight excluding hydrogens is 447 g/mol. The molecule has 2 aromatic heterocycles. The molecule has 3 aliphatic rings. The van der Waals surface area contributed by atoms with Crippen molar-refractivity contribution in [3.63, 3.8) is 0 Å². The molecule has 3 atom stereocenters. The topological polar surface area (TPSA) is 77.3 Å². The van der Waals surface area contributed by atoms with E-state index in [0.717, 1.165) is 49.2 Å². The highest BCUT2D eigenvalue weighted by atomic mass is 19.1. The van der Waals surface area contributed by atoms with Gasteiger partial charge in [0.25, 0.3) is 0 Å². The number of benzene rings is 1. The van der Waals surface area contributed by atoms with Crippen LogP contribution >= 0.6 is 0 Å². The number of methoxy groups -OCH3 is 1. The maximum absolute atomic E-state index is 14.8. The quantitative estimate of drug-likeness (QED) is 0.576. The molecule has 2 saturated heterocycles. The molecular formula is C26H33FN6O2. The molecule has 1 aliphatic carbocycles. The molecule has 0 spiro atoms. The highest BCUT2D eigenvalue weighted by Crippen LogP contribution is 2.41. The molecule has 0 radical (unpaired) electrons. The SMILES string of the molecule is COc1cc(-c2cc3cn(C)nc3cc2F)nnc1N[C@H]1C[C@@H]2CN(CC3CCOCC3)C[C@@H]2C1. The molecule has 6 rings (SSSR count). The van der Waals surface area contributed by atoms with Crippen LogP contribution in [0.5, 0.6) is 5.75 Å². The van der Waals surface area contributed by atoms with Gasteiger partial charge in [0.15, 0.2) is 11.6 Å². The van der Waals surface area contributed by atoms with E-state index >= 15 is 0 Å². The van der Waals surface area contributed by atoms with Crippen LogP contribution in [0.3, 0.4) is 0 Å². The zero-order valence-corrected chi connectivity index (χ0v) is 20.4. The fourth-order valence-electron chi connectivity index (χ4n) is 6.28. The van der Waals surface area contributed by atoms with Gasteiger partial charge in [-0.15, -0.1) is 10.2 Å². The van der Waals surface area contributed by atoms with E-state index < -0.39 is 0 Å². The lowest BCUT2D eigenvalue weighted by Gasteiger charge is -2.27. The third kappa shape index (κ3) is 4.59. The summed E-state index contributed by atoms with van der Waals surface area (Å²) in [6.07, 6.45) is 6.52. The number of halogens is 1. The Balaban J connectivity index is 1.12. The summed E-state index contributed by atoms with van der Waals surface area (Å²) in [5.41, 5.74) is 1.45. The Hall–Kier alpha value is -2.78. The van der Waals surface area contributed by atoms with E-state index in [-0.39, 0.29) is 5.82 Å². The number of anilines is 1. The minimum Gasteiger partial charge on any atom is -0.493 e. The number of likely N-dealkylation sites (tertiary alicyclic amines) is 1. The van der Waals surface area contributed by atoms with Gasteiger partial charge >= 0.3 is 0 Å². The predicted octanol–water partition coefficient (Wildman–Crippen LogP) is 3.73. The van der Waals surface area contributed by atoms with Crippen molar-refractivity contribution in [2.45, 2.75) is 31.7 Å². The Labute approximate surface area is 204 Å². The summed E-state index contributed by atoms with van der Waals surface area (Å²) in [6.45, 7) is 5.44. The van der Waals surface area contributed by atoms with Crippen molar-refractivity contribution in [1.82, 2.24) is 24.9 Å². The van der Waals surface area contributed by atoms with Crippen LogP contribution in [-0.4, -0.2) is 70.9 Å². The molecule has 2 aliphatic heterocycles. The number of nitrogens with zero attached hydrogens (tertiary/aromatic N) is 5. The lowest BCUT2D eigenvalue weighted by atomic mass is 10.00. The molecule has 4 heterocycles. The molecule has 1 aromatic carbocycles. The normalized spacial score (nSPS) is 25.3. The number of hydrogen-bond donors (Lipinski definition) is 1. The highest BCUT2D eigenvalue weighted by Gasteiger charge is 2.41. The van der Waals surface area contributed by atoms with E-state index in [9.17, 15) is 4.39 Å². The van der Waals surface area contributed by atoms with Crippen LogP contribution < -0.4 is 10.1 Å². The van der Waals surface area contributed by atoms with Crippen LogP contribution in [-0.2, 0) is 11.8 Å². The number of aromatic nitrogens is 4. The average molecular weight is 481 g/mol. The standard InChI is InChI=1S/C26H33FN6O2/c1-32-13-19-9-21(22(27)10-23(19)31-32)24-11-25(34-2)26(30-29-24)28-20-7-17-14-33(15-18(17)8-20)12-16-3-5-35-6-4-16/h9-11,13,16-18,20H,3-8,12,14-15H2,1-2H3,(H,28,30)/t17-,18+,20+. The number of nitrogens with one attached hydrogen (secondary N) is 1. The van der Waals surface area contributed by atoms with Gasteiger partial charge in [-0.2, -0.15) is 5.10 Å². The van der Waals surface area contributed by atoms with E-state index in [4.69, 9.17) is 9.47 Å². The van der Waals surface area contributed by atoms with Crippen molar-refractivity contribution < 1.29 is 13.9 Å². The maximum atomic E-state index is 14.8.